The fourth-order valence-electron chi connectivity index (χ4n) is 12.9. The standard InChI is InChI=1S/C63H55BN2O2/c1-60(2,3)34-22-24-35(25-23-34)65-48-33-53-40(37-17-11-14-20-51(37)67-53)28-41(48)54-55-38-18-12-15-21-52(38)68-59(55)56-42-29-45-46(62(6,7)27-26-61(45,4)5)32-49(42)66-50-30-39-36-16-10-13-19-43(36)63(8,9)44(39)31-47(50)64-57(54)58(56)66/h10-25,28-33,64-65H,26-27H2,1-9H3. The van der Waals surface area contributed by atoms with Gasteiger partial charge in [0.05, 0.1) is 22.1 Å². The molecule has 14 rings (SSSR count). The second-order valence-electron chi connectivity index (χ2n) is 23.2. The molecule has 1 N–H and O–H groups in total. The molecular weight excluding hydrogens is 828 g/mol. The number of nitrogens with zero attached hydrogens (tertiary/aromatic N) is 1. The van der Waals surface area contributed by atoms with E-state index in [9.17, 15) is 0 Å². The number of hydrogen-bond acceptors (Lipinski definition) is 3. The highest BCUT2D eigenvalue weighted by Gasteiger charge is 2.41. The van der Waals surface area contributed by atoms with Crippen molar-refractivity contribution in [2.45, 2.75) is 96.8 Å². The molecule has 8 aromatic carbocycles. The number of furan rings is 2. The van der Waals surface area contributed by atoms with Crippen molar-refractivity contribution in [2.75, 3.05) is 5.32 Å². The van der Waals surface area contributed by atoms with Gasteiger partial charge in [0.25, 0.3) is 0 Å². The fraction of sp³-hybridized carbons (Fsp3) is 0.238. The molecule has 5 heteroatoms. The van der Waals surface area contributed by atoms with E-state index < -0.39 is 0 Å². The summed E-state index contributed by atoms with van der Waals surface area (Å²) in [5, 5.41) is 11.0. The summed E-state index contributed by atoms with van der Waals surface area (Å²) in [5.41, 5.74) is 24.1. The van der Waals surface area contributed by atoms with Crippen LogP contribution in [0.15, 0.2) is 142 Å². The van der Waals surface area contributed by atoms with Crippen LogP contribution in [0.3, 0.4) is 0 Å². The van der Waals surface area contributed by atoms with Crippen molar-refractivity contribution in [3.05, 3.63) is 161 Å². The van der Waals surface area contributed by atoms with Crippen LogP contribution < -0.4 is 16.2 Å². The normalized spacial score (nSPS) is 16.4. The number of nitrogens with one attached hydrogen (secondary N) is 1. The van der Waals surface area contributed by atoms with E-state index in [0.717, 1.165) is 80.9 Å². The second-order valence-corrected chi connectivity index (χ2v) is 23.2. The van der Waals surface area contributed by atoms with Crippen LogP contribution in [-0.4, -0.2) is 11.8 Å². The summed E-state index contributed by atoms with van der Waals surface area (Å²) in [6, 6.07) is 50.1. The van der Waals surface area contributed by atoms with Gasteiger partial charge in [0.1, 0.15) is 22.3 Å². The Labute approximate surface area is 398 Å². The van der Waals surface area contributed by atoms with E-state index in [1.165, 1.54) is 82.9 Å². The lowest BCUT2D eigenvalue weighted by Crippen LogP contribution is -2.38. The summed E-state index contributed by atoms with van der Waals surface area (Å²) in [6.07, 6.45) is 2.30. The summed E-state index contributed by atoms with van der Waals surface area (Å²) in [7, 11) is 0.771. The predicted octanol–water partition coefficient (Wildman–Crippen LogP) is 15.6. The van der Waals surface area contributed by atoms with Crippen molar-refractivity contribution in [2.24, 2.45) is 0 Å². The first-order chi connectivity index (χ1) is 32.6. The molecule has 0 amide bonds. The van der Waals surface area contributed by atoms with Crippen molar-refractivity contribution in [3.8, 4) is 27.9 Å². The lowest BCUT2D eigenvalue weighted by molar-refractivity contribution is 0.332. The van der Waals surface area contributed by atoms with E-state index >= 15 is 0 Å². The zero-order chi connectivity index (χ0) is 46.4. The Bertz CT molecular complexity index is 4030. The second kappa shape index (κ2) is 13.2. The molecule has 68 heavy (non-hydrogen) atoms. The molecule has 4 nitrogen and oxygen atoms in total. The van der Waals surface area contributed by atoms with Gasteiger partial charge in [0, 0.05) is 55.4 Å². The highest BCUT2D eigenvalue weighted by molar-refractivity contribution is 6.74. The number of hydrogen-bond donors (Lipinski definition) is 1. The van der Waals surface area contributed by atoms with E-state index in [0.29, 0.717) is 0 Å². The van der Waals surface area contributed by atoms with Gasteiger partial charge < -0.3 is 18.7 Å². The van der Waals surface area contributed by atoms with Gasteiger partial charge in [0.15, 0.2) is 7.28 Å². The summed E-state index contributed by atoms with van der Waals surface area (Å²) in [6.45, 7) is 21.4. The quantitative estimate of drug-likeness (QED) is 0.180. The molecule has 0 unspecified atom stereocenters. The Balaban J connectivity index is 1.16. The number of fused-ring (bicyclic) bond motifs is 16. The van der Waals surface area contributed by atoms with E-state index in [1.807, 2.05) is 0 Å². The molecule has 4 heterocycles. The maximum atomic E-state index is 7.34. The molecule has 0 saturated carbocycles. The van der Waals surface area contributed by atoms with Crippen LogP contribution >= 0.6 is 0 Å². The van der Waals surface area contributed by atoms with Crippen molar-refractivity contribution >= 4 is 95.3 Å². The number of rotatable bonds is 3. The molecule has 11 aromatic rings. The Morgan fingerprint density at radius 2 is 1.24 bits per heavy atom. The topological polar surface area (TPSA) is 43.2 Å². The lowest BCUT2D eigenvalue weighted by Gasteiger charge is -2.42. The third-order valence-electron chi connectivity index (χ3n) is 16.8. The predicted molar refractivity (Wildman–Crippen MR) is 288 cm³/mol. The number of aromatic nitrogens is 1. The SMILES string of the molecule is CC(C)(C)c1ccc(Nc2cc3oc4ccccc4c3cc2-c2c3c4c(c5cc6c(cc5n4-c4cc5c(cc4B3)C(C)(C)c3ccccc3-5)C(C)(C)CCC6(C)C)c3oc4ccccc4c23)cc1. The average Bonchev–Trinajstić information content (AvgIpc) is 4.04. The Hall–Kier alpha value is -6.98. The van der Waals surface area contributed by atoms with Gasteiger partial charge in [-0.05, 0) is 128 Å². The Kier molecular flexibility index (Phi) is 7.77. The van der Waals surface area contributed by atoms with E-state index in [2.05, 4.69) is 206 Å². The van der Waals surface area contributed by atoms with Crippen LogP contribution in [0.25, 0.3) is 93.6 Å². The molecule has 0 spiro atoms. The van der Waals surface area contributed by atoms with Gasteiger partial charge in [-0.3, -0.25) is 0 Å². The van der Waals surface area contributed by atoms with Gasteiger partial charge in [-0.1, -0.05) is 147 Å². The smallest absolute Gasteiger partial charge is 0.198 e. The van der Waals surface area contributed by atoms with Crippen LogP contribution in [0.1, 0.15) is 103 Å². The molecule has 0 atom stereocenters. The van der Waals surface area contributed by atoms with Gasteiger partial charge in [-0.2, -0.15) is 0 Å². The first-order valence-corrected chi connectivity index (χ1v) is 24.7. The van der Waals surface area contributed by atoms with Crippen LogP contribution in [0.5, 0.6) is 0 Å². The van der Waals surface area contributed by atoms with E-state index in [4.69, 9.17) is 8.83 Å². The molecule has 0 radical (unpaired) electrons. The van der Waals surface area contributed by atoms with Crippen molar-refractivity contribution in [3.63, 3.8) is 0 Å². The molecule has 3 aliphatic rings. The summed E-state index contributed by atoms with van der Waals surface area (Å²) in [5.74, 6) is 0. The van der Waals surface area contributed by atoms with Crippen LogP contribution in [0.2, 0.25) is 0 Å². The zero-order valence-corrected chi connectivity index (χ0v) is 40.6. The average molecular weight is 883 g/mol. The Morgan fingerprint density at radius 3 is 1.99 bits per heavy atom. The molecule has 1 aliphatic heterocycles. The minimum atomic E-state index is -0.134. The largest absolute Gasteiger partial charge is 0.456 e. The van der Waals surface area contributed by atoms with Crippen molar-refractivity contribution < 1.29 is 8.83 Å². The maximum absolute atomic E-state index is 7.34. The van der Waals surface area contributed by atoms with Crippen LogP contribution in [0, 0.1) is 0 Å². The molecule has 0 fully saturated rings. The minimum Gasteiger partial charge on any atom is -0.456 e. The van der Waals surface area contributed by atoms with Crippen LogP contribution in [0.4, 0.5) is 11.4 Å². The summed E-state index contributed by atoms with van der Waals surface area (Å²) < 4.78 is 16.7. The first-order valence-electron chi connectivity index (χ1n) is 24.7. The zero-order valence-electron chi connectivity index (χ0n) is 40.6. The van der Waals surface area contributed by atoms with Crippen molar-refractivity contribution in [1.82, 2.24) is 4.57 Å². The third-order valence-corrected chi connectivity index (χ3v) is 16.8. The fourth-order valence-corrected chi connectivity index (χ4v) is 12.9. The number of benzene rings is 8. The molecule has 0 saturated heterocycles. The number of para-hydroxylation sites is 2. The third kappa shape index (κ3) is 5.33. The minimum absolute atomic E-state index is 0.0330. The van der Waals surface area contributed by atoms with E-state index in [-0.39, 0.29) is 21.7 Å². The summed E-state index contributed by atoms with van der Waals surface area (Å²) >= 11 is 0. The van der Waals surface area contributed by atoms with E-state index in [1.54, 1.807) is 0 Å². The lowest BCUT2D eigenvalue weighted by atomic mass is 9.57. The first kappa shape index (κ1) is 40.1. The molecule has 2 aliphatic carbocycles. The molecule has 332 valence electrons. The highest BCUT2D eigenvalue weighted by atomic mass is 16.3. The van der Waals surface area contributed by atoms with Gasteiger partial charge in [0.2, 0.25) is 0 Å². The Morgan fingerprint density at radius 1 is 0.559 bits per heavy atom. The number of anilines is 2. The van der Waals surface area contributed by atoms with Gasteiger partial charge >= 0.3 is 0 Å². The molecular formula is C63H55BN2O2. The van der Waals surface area contributed by atoms with Crippen LogP contribution in [-0.2, 0) is 21.7 Å². The monoisotopic (exact) mass is 882 g/mol. The maximum Gasteiger partial charge on any atom is 0.198 e. The van der Waals surface area contributed by atoms with Gasteiger partial charge in [-0.25, -0.2) is 0 Å². The molecule has 3 aromatic heterocycles. The van der Waals surface area contributed by atoms with Crippen molar-refractivity contribution in [1.29, 1.82) is 0 Å². The van der Waals surface area contributed by atoms with Gasteiger partial charge in [-0.15, -0.1) is 0 Å². The summed E-state index contributed by atoms with van der Waals surface area (Å²) in [4.78, 5) is 0. The molecule has 0 bridgehead atoms. The highest BCUT2D eigenvalue weighted by Crippen LogP contribution is 2.54.